The Morgan fingerprint density at radius 2 is 1.77 bits per heavy atom. The predicted octanol–water partition coefficient (Wildman–Crippen LogP) is 7.35. The summed E-state index contributed by atoms with van der Waals surface area (Å²) in [6.07, 6.45) is 5.52. The van der Waals surface area contributed by atoms with E-state index in [9.17, 15) is 0 Å². The lowest BCUT2D eigenvalue weighted by Crippen LogP contribution is -2.13. The van der Waals surface area contributed by atoms with E-state index in [0.29, 0.717) is 11.7 Å². The van der Waals surface area contributed by atoms with Gasteiger partial charge in [0.05, 0.1) is 28.0 Å². The van der Waals surface area contributed by atoms with Crippen molar-refractivity contribution in [1.82, 2.24) is 24.3 Å². The number of benzene rings is 2. The van der Waals surface area contributed by atoms with Gasteiger partial charge in [-0.2, -0.15) is 5.10 Å². The molecule has 1 aliphatic carbocycles. The molecule has 0 unspecified atom stereocenters. The number of pyridine rings is 1. The minimum absolute atomic E-state index is 0.438. The van der Waals surface area contributed by atoms with Crippen molar-refractivity contribution >= 4 is 39.7 Å². The second-order valence-electron chi connectivity index (χ2n) is 10.4. The topological polar surface area (TPSA) is 78.0 Å². The molecule has 0 aliphatic heterocycles. The van der Waals surface area contributed by atoms with E-state index < -0.39 is 0 Å². The summed E-state index contributed by atoms with van der Waals surface area (Å²) in [5.41, 5.74) is 10.4. The van der Waals surface area contributed by atoms with Gasteiger partial charge in [0.2, 0.25) is 11.8 Å². The number of hydrogen-bond donors (Lipinski definition) is 0. The molecule has 0 bridgehead atoms. The molecule has 0 N–H and O–H groups in total. The summed E-state index contributed by atoms with van der Waals surface area (Å²) in [5.74, 6) is 1.78. The molecular weight excluding hydrogens is 500 g/mol. The van der Waals surface area contributed by atoms with E-state index >= 15 is 0 Å². The average molecular weight is 527 g/mol. The second-order valence-corrected chi connectivity index (χ2v) is 10.4. The molecule has 0 saturated carbocycles. The maximum atomic E-state index is 6.36. The Morgan fingerprint density at radius 3 is 2.60 bits per heavy atom. The van der Waals surface area contributed by atoms with Crippen LogP contribution in [0.5, 0.6) is 0 Å². The number of rotatable bonds is 4. The third-order valence-corrected chi connectivity index (χ3v) is 7.82. The highest BCUT2D eigenvalue weighted by Gasteiger charge is 2.28. The Hall–Kier alpha value is -5.11. The molecule has 0 radical (unpaired) electrons. The molecule has 196 valence electrons. The standard InChI is InChI=1S/C32H26N6O2/c1-19-16-20(2)38(35-19)26-18-39-31-24(26)17-27(40-31)37(23-9-5-4-6-10-23)32-34-30-25(36(32)3)14-13-21-11-12-22-8-7-15-33-29(22)28(21)30/h4-10,13-18H,11-12H2,1-3H3. The number of nitrogens with zero attached hydrogens (tertiary/aromatic N) is 6. The Labute approximate surface area is 230 Å². The van der Waals surface area contributed by atoms with E-state index in [-0.39, 0.29) is 0 Å². The Balaban J connectivity index is 1.35. The van der Waals surface area contributed by atoms with E-state index in [4.69, 9.17) is 18.8 Å². The normalized spacial score (nSPS) is 12.7. The first kappa shape index (κ1) is 22.8. The summed E-state index contributed by atoms with van der Waals surface area (Å²) < 4.78 is 16.2. The number of aromatic nitrogens is 5. The van der Waals surface area contributed by atoms with Gasteiger partial charge in [-0.05, 0) is 68.1 Å². The van der Waals surface area contributed by atoms with Crippen LogP contribution in [0, 0.1) is 13.8 Å². The number of aryl methyl sites for hydroxylation is 5. The first-order chi connectivity index (χ1) is 19.6. The molecule has 0 amide bonds. The first-order valence-corrected chi connectivity index (χ1v) is 13.4. The Kier molecular flexibility index (Phi) is 4.82. The van der Waals surface area contributed by atoms with E-state index in [1.165, 1.54) is 11.1 Å². The molecule has 8 rings (SSSR count). The monoisotopic (exact) mass is 526 g/mol. The van der Waals surface area contributed by atoms with Gasteiger partial charge in [0.15, 0.2) is 0 Å². The zero-order valence-electron chi connectivity index (χ0n) is 22.4. The van der Waals surface area contributed by atoms with Gasteiger partial charge < -0.3 is 13.4 Å². The third-order valence-electron chi connectivity index (χ3n) is 7.82. The van der Waals surface area contributed by atoms with E-state index in [1.807, 2.05) is 73.1 Å². The Bertz CT molecular complexity index is 2060. The van der Waals surface area contributed by atoms with Gasteiger partial charge in [-0.15, -0.1) is 0 Å². The molecule has 5 aromatic heterocycles. The Morgan fingerprint density at radius 1 is 0.925 bits per heavy atom. The highest BCUT2D eigenvalue weighted by molar-refractivity contribution is 5.97. The molecule has 0 fully saturated rings. The number of fused-ring (bicyclic) bond motifs is 6. The van der Waals surface area contributed by atoms with Crippen LogP contribution in [0.15, 0.2) is 88.0 Å². The SMILES string of the molecule is Cc1cc(C)n(-c2coc3oc(N(c4ccccc4)c4nc5c6c(ccc5n4C)CCc4cccnc4-6)cc23)n1. The van der Waals surface area contributed by atoms with Crippen molar-refractivity contribution < 1.29 is 8.83 Å². The van der Waals surface area contributed by atoms with Gasteiger partial charge in [-0.3, -0.25) is 4.98 Å². The minimum Gasteiger partial charge on any atom is -0.431 e. The summed E-state index contributed by atoms with van der Waals surface area (Å²) in [5, 5.41) is 5.50. The van der Waals surface area contributed by atoms with Crippen molar-refractivity contribution in [3.05, 3.63) is 102 Å². The largest absolute Gasteiger partial charge is 0.431 e. The van der Waals surface area contributed by atoms with Crippen LogP contribution < -0.4 is 4.90 Å². The molecule has 8 nitrogen and oxygen atoms in total. The molecule has 7 aromatic rings. The van der Waals surface area contributed by atoms with E-state index in [2.05, 4.69) is 40.0 Å². The highest BCUT2D eigenvalue weighted by atomic mass is 16.5. The van der Waals surface area contributed by atoms with Gasteiger partial charge in [-0.1, -0.05) is 30.3 Å². The molecule has 0 spiro atoms. The average Bonchev–Trinajstić information content (AvgIpc) is 3.72. The maximum absolute atomic E-state index is 6.36. The summed E-state index contributed by atoms with van der Waals surface area (Å²) in [4.78, 5) is 12.1. The highest BCUT2D eigenvalue weighted by Crippen LogP contribution is 2.43. The van der Waals surface area contributed by atoms with Crippen LogP contribution in [0.4, 0.5) is 17.5 Å². The van der Waals surface area contributed by atoms with Gasteiger partial charge in [0.25, 0.3) is 0 Å². The fraction of sp³-hybridized carbons (Fsp3) is 0.156. The van der Waals surface area contributed by atoms with E-state index in [0.717, 1.165) is 69.2 Å². The summed E-state index contributed by atoms with van der Waals surface area (Å²) in [7, 11) is 2.05. The summed E-state index contributed by atoms with van der Waals surface area (Å²) in [6.45, 7) is 4.01. The lowest BCUT2D eigenvalue weighted by atomic mass is 9.88. The fourth-order valence-corrected chi connectivity index (χ4v) is 5.96. The molecule has 2 aromatic carbocycles. The van der Waals surface area contributed by atoms with Crippen LogP contribution in [-0.2, 0) is 19.9 Å². The van der Waals surface area contributed by atoms with Crippen LogP contribution in [0.3, 0.4) is 0 Å². The molecule has 40 heavy (non-hydrogen) atoms. The van der Waals surface area contributed by atoms with E-state index in [1.54, 1.807) is 6.26 Å². The summed E-state index contributed by atoms with van der Waals surface area (Å²) in [6, 6.07) is 22.8. The van der Waals surface area contributed by atoms with Crippen LogP contribution in [0.25, 0.3) is 39.1 Å². The lowest BCUT2D eigenvalue weighted by molar-refractivity contribution is 0.480. The first-order valence-electron chi connectivity index (χ1n) is 13.4. The van der Waals surface area contributed by atoms with Crippen LogP contribution in [-0.4, -0.2) is 24.3 Å². The predicted molar refractivity (Wildman–Crippen MR) is 155 cm³/mol. The van der Waals surface area contributed by atoms with Crippen molar-refractivity contribution in [2.75, 3.05) is 4.90 Å². The summed E-state index contributed by atoms with van der Waals surface area (Å²) >= 11 is 0. The molecule has 0 atom stereocenters. The van der Waals surface area contributed by atoms with Gasteiger partial charge in [0.1, 0.15) is 17.5 Å². The quantitative estimate of drug-likeness (QED) is 0.239. The number of para-hydroxylation sites is 1. The molecule has 5 heterocycles. The zero-order valence-corrected chi connectivity index (χ0v) is 22.4. The van der Waals surface area contributed by atoms with Crippen molar-refractivity contribution in [3.8, 4) is 16.9 Å². The van der Waals surface area contributed by atoms with Crippen LogP contribution in [0.2, 0.25) is 0 Å². The van der Waals surface area contributed by atoms with Crippen molar-refractivity contribution in [2.45, 2.75) is 26.7 Å². The second kappa shape index (κ2) is 8.44. The molecule has 0 saturated heterocycles. The fourth-order valence-electron chi connectivity index (χ4n) is 5.96. The van der Waals surface area contributed by atoms with Crippen LogP contribution in [0.1, 0.15) is 22.5 Å². The van der Waals surface area contributed by atoms with Gasteiger partial charge >= 0.3 is 5.78 Å². The third kappa shape index (κ3) is 3.29. The van der Waals surface area contributed by atoms with Crippen molar-refractivity contribution in [3.63, 3.8) is 0 Å². The van der Waals surface area contributed by atoms with Crippen molar-refractivity contribution in [2.24, 2.45) is 7.05 Å². The number of hydrogen-bond acceptors (Lipinski definition) is 6. The van der Waals surface area contributed by atoms with Gasteiger partial charge in [-0.25, -0.2) is 14.6 Å². The molecule has 8 heteroatoms. The number of imidazole rings is 1. The molecule has 1 aliphatic rings. The maximum Gasteiger partial charge on any atom is 0.301 e. The lowest BCUT2D eigenvalue weighted by Gasteiger charge is -2.21. The van der Waals surface area contributed by atoms with Crippen LogP contribution >= 0.6 is 0 Å². The zero-order chi connectivity index (χ0) is 27.0. The number of furan rings is 2. The smallest absolute Gasteiger partial charge is 0.301 e. The minimum atomic E-state index is 0.438. The van der Waals surface area contributed by atoms with Crippen molar-refractivity contribution in [1.29, 1.82) is 0 Å². The van der Waals surface area contributed by atoms with Gasteiger partial charge in [0, 0.05) is 30.6 Å². The molecular formula is C32H26N6O2. The number of anilines is 3.